The minimum absolute atomic E-state index is 0.156. The molecule has 0 aliphatic carbocycles. The molecule has 1 amide bonds. The maximum Gasteiger partial charge on any atom is 0.274 e. The van der Waals surface area contributed by atoms with Crippen LogP contribution < -0.4 is 5.32 Å². The fourth-order valence-corrected chi connectivity index (χ4v) is 3.74. The monoisotopic (exact) mass is 473 g/mol. The SMILES string of the molecule is Cc1ccc(-c2cc(COS(C)(=O)=O)cc(NC(=O)c3cc(-c4ccccc4)ccn3)c2)cn1. The summed E-state index contributed by atoms with van der Waals surface area (Å²) in [6, 6.07) is 22.4. The van der Waals surface area contributed by atoms with Crippen LogP contribution in [0.2, 0.25) is 0 Å². The molecule has 8 heteroatoms. The molecule has 7 nitrogen and oxygen atoms in total. The molecule has 4 aromatic rings. The Morgan fingerprint density at radius 1 is 0.882 bits per heavy atom. The zero-order chi connectivity index (χ0) is 24.1. The highest BCUT2D eigenvalue weighted by Crippen LogP contribution is 2.26. The molecule has 0 saturated carbocycles. The number of carbonyl (C=O) groups excluding carboxylic acids is 1. The van der Waals surface area contributed by atoms with Crippen LogP contribution in [0.25, 0.3) is 22.3 Å². The second-order valence-corrected chi connectivity index (χ2v) is 9.47. The summed E-state index contributed by atoms with van der Waals surface area (Å²) in [5.74, 6) is -0.382. The number of anilines is 1. The van der Waals surface area contributed by atoms with Crippen molar-refractivity contribution in [2.75, 3.05) is 11.6 Å². The molecule has 172 valence electrons. The van der Waals surface area contributed by atoms with Crippen LogP contribution in [-0.2, 0) is 20.9 Å². The van der Waals surface area contributed by atoms with Crippen LogP contribution in [0.5, 0.6) is 0 Å². The molecule has 0 unspecified atom stereocenters. The molecule has 0 atom stereocenters. The summed E-state index contributed by atoms with van der Waals surface area (Å²) in [7, 11) is -3.63. The molecule has 0 aliphatic heterocycles. The first-order valence-electron chi connectivity index (χ1n) is 10.5. The van der Waals surface area contributed by atoms with E-state index in [9.17, 15) is 13.2 Å². The maximum absolute atomic E-state index is 13.0. The number of aryl methyl sites for hydroxylation is 1. The normalized spacial score (nSPS) is 11.2. The molecule has 34 heavy (non-hydrogen) atoms. The van der Waals surface area contributed by atoms with Gasteiger partial charge >= 0.3 is 0 Å². The van der Waals surface area contributed by atoms with Gasteiger partial charge in [-0.15, -0.1) is 0 Å². The van der Waals surface area contributed by atoms with Crippen molar-refractivity contribution in [2.24, 2.45) is 0 Å². The molecule has 4 rings (SSSR count). The zero-order valence-corrected chi connectivity index (χ0v) is 19.5. The molecular formula is C26H23N3O4S. The van der Waals surface area contributed by atoms with E-state index < -0.39 is 10.1 Å². The summed E-state index contributed by atoms with van der Waals surface area (Å²) in [4.78, 5) is 21.5. The molecule has 0 bridgehead atoms. The number of nitrogens with one attached hydrogen (secondary N) is 1. The summed E-state index contributed by atoms with van der Waals surface area (Å²) in [6.45, 7) is 1.74. The molecule has 2 heterocycles. The molecule has 2 aromatic heterocycles. The Morgan fingerprint density at radius 3 is 2.38 bits per heavy atom. The van der Waals surface area contributed by atoms with Gasteiger partial charge in [0.25, 0.3) is 16.0 Å². The Balaban J connectivity index is 1.64. The number of rotatable bonds is 7. The second kappa shape index (κ2) is 9.94. The average molecular weight is 474 g/mol. The van der Waals surface area contributed by atoms with Gasteiger partial charge in [0.1, 0.15) is 5.69 Å². The van der Waals surface area contributed by atoms with E-state index in [1.165, 1.54) is 0 Å². The quantitative estimate of drug-likeness (QED) is 0.386. The van der Waals surface area contributed by atoms with Crippen molar-refractivity contribution in [3.8, 4) is 22.3 Å². The van der Waals surface area contributed by atoms with Gasteiger partial charge in [-0.05, 0) is 65.6 Å². The van der Waals surface area contributed by atoms with E-state index in [0.29, 0.717) is 11.3 Å². The number of nitrogens with zero attached hydrogens (tertiary/aromatic N) is 2. The fourth-order valence-electron chi connectivity index (χ4n) is 3.39. The van der Waals surface area contributed by atoms with E-state index in [4.69, 9.17) is 4.18 Å². The molecule has 0 aliphatic rings. The maximum atomic E-state index is 13.0. The predicted molar refractivity (Wildman–Crippen MR) is 132 cm³/mol. The van der Waals surface area contributed by atoms with Crippen molar-refractivity contribution in [2.45, 2.75) is 13.5 Å². The lowest BCUT2D eigenvalue weighted by Crippen LogP contribution is -2.14. The fraction of sp³-hybridized carbons (Fsp3) is 0.115. The van der Waals surface area contributed by atoms with E-state index in [-0.39, 0.29) is 18.2 Å². The summed E-state index contributed by atoms with van der Waals surface area (Å²) >= 11 is 0. The number of amides is 1. The van der Waals surface area contributed by atoms with Crippen molar-refractivity contribution >= 4 is 21.7 Å². The lowest BCUT2D eigenvalue weighted by Gasteiger charge is -2.12. The van der Waals surface area contributed by atoms with Crippen LogP contribution in [0.1, 0.15) is 21.7 Å². The first-order valence-corrected chi connectivity index (χ1v) is 12.3. The van der Waals surface area contributed by atoms with E-state index in [2.05, 4.69) is 15.3 Å². The molecule has 1 N–H and O–H groups in total. The highest BCUT2D eigenvalue weighted by Gasteiger charge is 2.13. The summed E-state index contributed by atoms with van der Waals surface area (Å²) < 4.78 is 27.9. The van der Waals surface area contributed by atoms with Gasteiger partial charge in [-0.1, -0.05) is 36.4 Å². The first kappa shape index (κ1) is 23.3. The van der Waals surface area contributed by atoms with E-state index in [1.807, 2.05) is 61.5 Å². The van der Waals surface area contributed by atoms with Crippen LogP contribution in [0, 0.1) is 6.92 Å². The minimum atomic E-state index is -3.63. The Bertz CT molecular complexity index is 1420. The highest BCUT2D eigenvalue weighted by atomic mass is 32.2. The predicted octanol–water partition coefficient (Wildman–Crippen LogP) is 4.85. The summed E-state index contributed by atoms with van der Waals surface area (Å²) in [5, 5.41) is 2.87. The van der Waals surface area contributed by atoms with Gasteiger partial charge < -0.3 is 5.32 Å². The molecule has 0 fully saturated rings. The average Bonchev–Trinajstić information content (AvgIpc) is 2.83. The zero-order valence-electron chi connectivity index (χ0n) is 18.7. The van der Waals surface area contributed by atoms with Crippen molar-refractivity contribution < 1.29 is 17.4 Å². The summed E-state index contributed by atoms with van der Waals surface area (Å²) in [5.41, 5.74) is 5.66. The van der Waals surface area contributed by atoms with Crippen molar-refractivity contribution in [3.63, 3.8) is 0 Å². The molecule has 0 radical (unpaired) electrons. The van der Waals surface area contributed by atoms with Crippen molar-refractivity contribution in [3.05, 3.63) is 102 Å². The number of hydrogen-bond donors (Lipinski definition) is 1. The van der Waals surface area contributed by atoms with Gasteiger partial charge in [-0.2, -0.15) is 8.42 Å². The second-order valence-electron chi connectivity index (χ2n) is 7.82. The van der Waals surface area contributed by atoms with Gasteiger partial charge in [0, 0.05) is 29.3 Å². The van der Waals surface area contributed by atoms with Crippen molar-refractivity contribution in [1.82, 2.24) is 9.97 Å². The highest BCUT2D eigenvalue weighted by molar-refractivity contribution is 7.85. The van der Waals surface area contributed by atoms with E-state index in [0.717, 1.165) is 34.2 Å². The van der Waals surface area contributed by atoms with Gasteiger partial charge in [-0.25, -0.2) is 0 Å². The van der Waals surface area contributed by atoms with E-state index in [1.54, 1.807) is 30.6 Å². The topological polar surface area (TPSA) is 98.2 Å². The largest absolute Gasteiger partial charge is 0.321 e. The number of pyridine rings is 2. The standard InChI is InChI=1S/C26H23N3O4S/c1-18-8-9-22(16-28-18)23-12-19(17-33-34(2,31)32)13-24(14-23)29-26(30)25-15-21(10-11-27-25)20-6-4-3-5-7-20/h3-16H,17H2,1-2H3,(H,29,30). The Kier molecular flexibility index (Phi) is 6.81. The number of hydrogen-bond acceptors (Lipinski definition) is 6. The molecule has 0 spiro atoms. The van der Waals surface area contributed by atoms with Gasteiger partial charge in [0.05, 0.1) is 12.9 Å². The van der Waals surface area contributed by atoms with Gasteiger partial charge in [-0.3, -0.25) is 18.9 Å². The minimum Gasteiger partial charge on any atom is -0.321 e. The van der Waals surface area contributed by atoms with Gasteiger partial charge in [0.15, 0.2) is 0 Å². The van der Waals surface area contributed by atoms with Crippen LogP contribution in [-0.4, -0.2) is 30.5 Å². The molecular weight excluding hydrogens is 450 g/mol. The lowest BCUT2D eigenvalue weighted by molar-refractivity contribution is 0.102. The third kappa shape index (κ3) is 6.12. The molecule has 0 saturated heterocycles. The van der Waals surface area contributed by atoms with Crippen LogP contribution >= 0.6 is 0 Å². The Morgan fingerprint density at radius 2 is 1.68 bits per heavy atom. The molecule has 2 aromatic carbocycles. The number of carbonyl (C=O) groups is 1. The third-order valence-electron chi connectivity index (χ3n) is 5.03. The Labute approximate surface area is 198 Å². The van der Waals surface area contributed by atoms with E-state index >= 15 is 0 Å². The van der Waals surface area contributed by atoms with Crippen LogP contribution in [0.4, 0.5) is 5.69 Å². The third-order valence-corrected chi connectivity index (χ3v) is 5.58. The lowest BCUT2D eigenvalue weighted by atomic mass is 10.0. The van der Waals surface area contributed by atoms with Crippen molar-refractivity contribution in [1.29, 1.82) is 0 Å². The van der Waals surface area contributed by atoms with Gasteiger partial charge in [0.2, 0.25) is 0 Å². The number of aromatic nitrogens is 2. The first-order chi connectivity index (χ1) is 16.3. The smallest absolute Gasteiger partial charge is 0.274 e. The van der Waals surface area contributed by atoms with Crippen LogP contribution in [0.15, 0.2) is 85.2 Å². The number of benzene rings is 2. The van der Waals surface area contributed by atoms with Crippen LogP contribution in [0.3, 0.4) is 0 Å². The summed E-state index contributed by atoms with van der Waals surface area (Å²) in [6.07, 6.45) is 4.31. The Hall–Kier alpha value is -3.88.